The van der Waals surface area contributed by atoms with Gasteiger partial charge in [-0.3, -0.25) is 0 Å². The predicted molar refractivity (Wildman–Crippen MR) is 78.4 cm³/mol. The second-order valence-electron chi connectivity index (χ2n) is 5.04. The van der Waals surface area contributed by atoms with E-state index in [0.717, 1.165) is 12.8 Å². The summed E-state index contributed by atoms with van der Waals surface area (Å²) in [5.41, 5.74) is 0.512. The predicted octanol–water partition coefficient (Wildman–Crippen LogP) is 2.58. The van der Waals surface area contributed by atoms with Crippen LogP contribution in [0.1, 0.15) is 12.8 Å². The first-order valence-corrected chi connectivity index (χ1v) is 6.93. The molecule has 0 spiro atoms. The second-order valence-corrected chi connectivity index (χ2v) is 5.44. The molecule has 1 aromatic rings. The fraction of sp³-hybridized carbons (Fsp3) is 0.500. The topological polar surface area (TPSA) is 61.8 Å². The van der Waals surface area contributed by atoms with E-state index in [9.17, 15) is 9.90 Å². The maximum atomic E-state index is 12.1. The van der Waals surface area contributed by atoms with Crippen molar-refractivity contribution >= 4 is 23.3 Å². The minimum Gasteiger partial charge on any atom is -0.493 e. The summed E-state index contributed by atoms with van der Waals surface area (Å²) < 4.78 is 5.17. The van der Waals surface area contributed by atoms with Gasteiger partial charge < -0.3 is 20.1 Å². The Bertz CT molecular complexity index is 491. The van der Waals surface area contributed by atoms with Crippen molar-refractivity contribution in [1.29, 1.82) is 0 Å². The molecule has 1 unspecified atom stereocenters. The van der Waals surface area contributed by atoms with Crippen molar-refractivity contribution in [3.8, 4) is 5.75 Å². The number of carbonyl (C=O) groups is 1. The van der Waals surface area contributed by atoms with E-state index in [1.807, 2.05) is 0 Å². The Kier molecular flexibility index (Phi) is 4.73. The fourth-order valence-corrected chi connectivity index (χ4v) is 2.27. The summed E-state index contributed by atoms with van der Waals surface area (Å²) in [4.78, 5) is 13.5. The fourth-order valence-electron chi connectivity index (χ4n) is 2.02. The highest BCUT2D eigenvalue weighted by Crippen LogP contribution is 2.34. The molecule has 0 heterocycles. The first-order valence-electron chi connectivity index (χ1n) is 6.55. The number of anilines is 1. The number of nitrogens with one attached hydrogen (secondary N) is 1. The SMILES string of the molecule is COc1c(Cl)cccc1NC(=O)N(C)CC(O)C1CC1. The lowest BCUT2D eigenvalue weighted by Gasteiger charge is -2.22. The molecule has 0 aromatic heterocycles. The van der Waals surface area contributed by atoms with Crippen molar-refractivity contribution in [2.24, 2.45) is 5.92 Å². The molecule has 0 aliphatic heterocycles. The number of methoxy groups -OCH3 is 1. The van der Waals surface area contributed by atoms with Crippen LogP contribution in [0.5, 0.6) is 5.75 Å². The molecule has 1 atom stereocenters. The molecule has 110 valence electrons. The number of hydrogen-bond acceptors (Lipinski definition) is 3. The summed E-state index contributed by atoms with van der Waals surface area (Å²) in [6.07, 6.45) is 1.63. The van der Waals surface area contributed by atoms with E-state index in [1.54, 1.807) is 25.2 Å². The van der Waals surface area contributed by atoms with Gasteiger partial charge in [-0.25, -0.2) is 4.79 Å². The molecule has 1 aliphatic carbocycles. The first-order chi connectivity index (χ1) is 9.52. The average Bonchev–Trinajstić information content (AvgIpc) is 3.23. The molecule has 0 radical (unpaired) electrons. The van der Waals surface area contributed by atoms with Crippen LogP contribution in [0.15, 0.2) is 18.2 Å². The quantitative estimate of drug-likeness (QED) is 0.878. The standard InChI is InChI=1S/C14H19ClN2O3/c1-17(8-12(18)9-6-7-9)14(19)16-11-5-3-4-10(15)13(11)20-2/h3-5,9,12,18H,6-8H2,1-2H3,(H,16,19). The van der Waals surface area contributed by atoms with E-state index >= 15 is 0 Å². The van der Waals surface area contributed by atoms with E-state index in [1.165, 1.54) is 12.0 Å². The van der Waals surface area contributed by atoms with Crippen LogP contribution in [0.4, 0.5) is 10.5 Å². The molecule has 1 fully saturated rings. The highest BCUT2D eigenvalue weighted by atomic mass is 35.5. The molecule has 1 aromatic carbocycles. The number of aliphatic hydroxyl groups excluding tert-OH is 1. The lowest BCUT2D eigenvalue weighted by molar-refractivity contribution is 0.117. The lowest BCUT2D eigenvalue weighted by atomic mass is 10.2. The maximum absolute atomic E-state index is 12.1. The van der Waals surface area contributed by atoms with Crippen LogP contribution in [-0.2, 0) is 0 Å². The van der Waals surface area contributed by atoms with Crippen LogP contribution in [0, 0.1) is 5.92 Å². The zero-order valence-electron chi connectivity index (χ0n) is 11.6. The number of para-hydroxylation sites is 1. The van der Waals surface area contributed by atoms with Crippen LogP contribution in [0.3, 0.4) is 0 Å². The lowest BCUT2D eigenvalue weighted by Crippen LogP contribution is -2.38. The Labute approximate surface area is 123 Å². The summed E-state index contributed by atoms with van der Waals surface area (Å²) in [5.74, 6) is 0.768. The van der Waals surface area contributed by atoms with Crippen LogP contribution >= 0.6 is 11.6 Å². The number of rotatable bonds is 5. The van der Waals surface area contributed by atoms with Gasteiger partial charge in [0.2, 0.25) is 0 Å². The van der Waals surface area contributed by atoms with Gasteiger partial charge in [0.1, 0.15) is 0 Å². The Balaban J connectivity index is 1.98. The van der Waals surface area contributed by atoms with Gasteiger partial charge in [0.05, 0.1) is 23.9 Å². The van der Waals surface area contributed by atoms with Gasteiger partial charge in [-0.15, -0.1) is 0 Å². The molecule has 5 nitrogen and oxygen atoms in total. The van der Waals surface area contributed by atoms with Crippen molar-refractivity contribution in [2.75, 3.05) is 26.0 Å². The van der Waals surface area contributed by atoms with Crippen molar-refractivity contribution in [2.45, 2.75) is 18.9 Å². The molecule has 20 heavy (non-hydrogen) atoms. The molecule has 0 saturated heterocycles. The second kappa shape index (κ2) is 6.33. The number of ether oxygens (including phenoxy) is 1. The molecule has 1 aliphatic rings. The number of carbonyl (C=O) groups excluding carboxylic acids is 1. The van der Waals surface area contributed by atoms with E-state index in [-0.39, 0.29) is 6.03 Å². The molecular formula is C14H19ClN2O3. The number of aliphatic hydroxyl groups is 1. The monoisotopic (exact) mass is 298 g/mol. The first kappa shape index (κ1) is 14.9. The van der Waals surface area contributed by atoms with E-state index in [2.05, 4.69) is 5.32 Å². The summed E-state index contributed by atoms with van der Waals surface area (Å²) in [5, 5.41) is 13.0. The molecular weight excluding hydrogens is 280 g/mol. The average molecular weight is 299 g/mol. The van der Waals surface area contributed by atoms with Crippen LogP contribution in [0.2, 0.25) is 5.02 Å². The Morgan fingerprint density at radius 3 is 2.90 bits per heavy atom. The highest BCUT2D eigenvalue weighted by Gasteiger charge is 2.31. The van der Waals surface area contributed by atoms with Gasteiger partial charge in [-0.05, 0) is 30.9 Å². The molecule has 2 N–H and O–H groups in total. The molecule has 1 saturated carbocycles. The molecule has 2 amide bonds. The van der Waals surface area contributed by atoms with Crippen LogP contribution < -0.4 is 10.1 Å². The summed E-state index contributed by atoms with van der Waals surface area (Å²) >= 11 is 6.00. The molecule has 6 heteroatoms. The van der Waals surface area contributed by atoms with Gasteiger partial charge in [0.25, 0.3) is 0 Å². The highest BCUT2D eigenvalue weighted by molar-refractivity contribution is 6.32. The van der Waals surface area contributed by atoms with Crippen LogP contribution in [0.25, 0.3) is 0 Å². The van der Waals surface area contributed by atoms with Crippen molar-refractivity contribution in [3.05, 3.63) is 23.2 Å². The number of likely N-dealkylation sites (N-methyl/N-ethyl adjacent to an activating group) is 1. The minimum atomic E-state index is -0.452. The number of nitrogens with zero attached hydrogens (tertiary/aromatic N) is 1. The molecule has 2 rings (SSSR count). The third-order valence-corrected chi connectivity index (χ3v) is 3.68. The summed E-state index contributed by atoms with van der Waals surface area (Å²) in [6, 6.07) is 4.84. The van der Waals surface area contributed by atoms with Gasteiger partial charge in [-0.1, -0.05) is 17.7 Å². The number of amides is 2. The Morgan fingerprint density at radius 2 is 2.30 bits per heavy atom. The van der Waals surface area contributed by atoms with E-state index in [0.29, 0.717) is 28.9 Å². The van der Waals surface area contributed by atoms with Crippen LogP contribution in [-0.4, -0.2) is 42.8 Å². The third-order valence-electron chi connectivity index (χ3n) is 3.39. The van der Waals surface area contributed by atoms with E-state index < -0.39 is 6.10 Å². The van der Waals surface area contributed by atoms with Crippen molar-refractivity contribution in [1.82, 2.24) is 4.90 Å². The zero-order chi connectivity index (χ0) is 14.7. The number of urea groups is 1. The van der Waals surface area contributed by atoms with Gasteiger partial charge in [0, 0.05) is 13.6 Å². The maximum Gasteiger partial charge on any atom is 0.321 e. The smallest absolute Gasteiger partial charge is 0.321 e. The largest absolute Gasteiger partial charge is 0.493 e. The van der Waals surface area contributed by atoms with Crippen molar-refractivity contribution < 1.29 is 14.6 Å². The van der Waals surface area contributed by atoms with Crippen molar-refractivity contribution in [3.63, 3.8) is 0 Å². The Morgan fingerprint density at radius 1 is 1.60 bits per heavy atom. The third kappa shape index (κ3) is 3.55. The van der Waals surface area contributed by atoms with Gasteiger partial charge in [-0.2, -0.15) is 0 Å². The Hall–Kier alpha value is -1.46. The summed E-state index contributed by atoms with van der Waals surface area (Å²) in [7, 11) is 3.15. The molecule has 0 bridgehead atoms. The number of halogens is 1. The van der Waals surface area contributed by atoms with Gasteiger partial charge in [0.15, 0.2) is 5.75 Å². The minimum absolute atomic E-state index is 0.301. The zero-order valence-corrected chi connectivity index (χ0v) is 12.4. The summed E-state index contributed by atoms with van der Waals surface area (Å²) in [6.45, 7) is 0.319. The van der Waals surface area contributed by atoms with E-state index in [4.69, 9.17) is 16.3 Å². The number of benzene rings is 1. The number of hydrogen-bond donors (Lipinski definition) is 2. The normalized spacial score (nSPS) is 15.6. The van der Waals surface area contributed by atoms with Gasteiger partial charge >= 0.3 is 6.03 Å².